The second-order valence-electron chi connectivity index (χ2n) is 6.01. The van der Waals surface area contributed by atoms with Gasteiger partial charge in [0.1, 0.15) is 6.54 Å². The van der Waals surface area contributed by atoms with E-state index < -0.39 is 4.92 Å². The van der Waals surface area contributed by atoms with Crippen LogP contribution in [-0.4, -0.2) is 27.2 Å². The van der Waals surface area contributed by atoms with Gasteiger partial charge in [-0.3, -0.25) is 19.6 Å². The summed E-state index contributed by atoms with van der Waals surface area (Å²) in [6.07, 6.45) is 9.53. The number of non-ortho nitro benzene ring substituents is 1. The molecule has 0 spiro atoms. The average molecular weight is 328 g/mol. The van der Waals surface area contributed by atoms with Gasteiger partial charge in [0.2, 0.25) is 5.91 Å². The molecule has 126 valence electrons. The molecule has 0 radical (unpaired) electrons. The molecular weight excluding hydrogens is 308 g/mol. The third-order valence-corrected chi connectivity index (χ3v) is 4.29. The van der Waals surface area contributed by atoms with Crippen LogP contribution < -0.4 is 5.32 Å². The minimum absolute atomic E-state index is 0.00565. The summed E-state index contributed by atoms with van der Waals surface area (Å²) in [5.41, 5.74) is 2.00. The first kappa shape index (κ1) is 16.2. The number of nitrogens with one attached hydrogen (secondary N) is 1. The van der Waals surface area contributed by atoms with E-state index in [9.17, 15) is 14.9 Å². The molecule has 0 atom stereocenters. The molecule has 1 aromatic heterocycles. The first-order valence-corrected chi connectivity index (χ1v) is 8.18. The summed E-state index contributed by atoms with van der Waals surface area (Å²) in [6.45, 7) is 0.674. The van der Waals surface area contributed by atoms with E-state index in [0.717, 1.165) is 24.6 Å². The number of benzene rings is 1. The second kappa shape index (κ2) is 7.25. The van der Waals surface area contributed by atoms with Crippen LogP contribution in [0.3, 0.4) is 0 Å². The van der Waals surface area contributed by atoms with Crippen LogP contribution in [0.2, 0.25) is 0 Å². The van der Waals surface area contributed by atoms with E-state index in [2.05, 4.69) is 16.5 Å². The van der Waals surface area contributed by atoms with Crippen LogP contribution in [0.25, 0.3) is 10.9 Å². The molecule has 0 bridgehead atoms. The van der Waals surface area contributed by atoms with E-state index in [-0.39, 0.29) is 18.1 Å². The molecule has 0 saturated carbocycles. The Kier molecular flexibility index (Phi) is 4.88. The normalized spacial score (nSPS) is 14.4. The van der Waals surface area contributed by atoms with Crippen molar-refractivity contribution < 1.29 is 9.72 Å². The first-order chi connectivity index (χ1) is 11.6. The van der Waals surface area contributed by atoms with Crippen molar-refractivity contribution in [3.05, 3.63) is 46.2 Å². The van der Waals surface area contributed by atoms with Crippen LogP contribution in [-0.2, 0) is 11.3 Å². The van der Waals surface area contributed by atoms with Gasteiger partial charge in [0.15, 0.2) is 0 Å². The number of nitrogens with zero attached hydrogens (tertiary/aromatic N) is 3. The summed E-state index contributed by atoms with van der Waals surface area (Å²) < 4.78 is 1.50. The number of nitro benzene ring substituents is 1. The third kappa shape index (κ3) is 3.79. The SMILES string of the molecule is O=C(Cn1ncc2ccc([N+](=O)[O-])cc21)NCCC1=CCCCC1. The molecule has 24 heavy (non-hydrogen) atoms. The smallest absolute Gasteiger partial charge is 0.271 e. The fraction of sp³-hybridized carbons (Fsp3) is 0.412. The summed E-state index contributed by atoms with van der Waals surface area (Å²) in [5, 5.41) is 18.7. The van der Waals surface area contributed by atoms with Gasteiger partial charge in [0.05, 0.1) is 16.6 Å². The fourth-order valence-electron chi connectivity index (χ4n) is 2.98. The Morgan fingerprint density at radius 1 is 1.38 bits per heavy atom. The molecule has 3 rings (SSSR count). The molecule has 7 heteroatoms. The van der Waals surface area contributed by atoms with Gasteiger partial charge in [-0.05, 0) is 38.2 Å². The highest BCUT2D eigenvalue weighted by Crippen LogP contribution is 2.21. The lowest BCUT2D eigenvalue weighted by Crippen LogP contribution is -2.29. The second-order valence-corrected chi connectivity index (χ2v) is 6.01. The minimum atomic E-state index is -0.450. The zero-order valence-electron chi connectivity index (χ0n) is 13.4. The molecule has 0 fully saturated rings. The zero-order chi connectivity index (χ0) is 16.9. The van der Waals surface area contributed by atoms with Crippen molar-refractivity contribution in [3.8, 4) is 0 Å². The maximum Gasteiger partial charge on any atom is 0.271 e. The number of hydrogen-bond donors (Lipinski definition) is 1. The van der Waals surface area contributed by atoms with Gasteiger partial charge in [-0.25, -0.2) is 0 Å². The predicted octanol–water partition coefficient (Wildman–Crippen LogP) is 2.95. The summed E-state index contributed by atoms with van der Waals surface area (Å²) in [7, 11) is 0. The molecule has 1 aromatic carbocycles. The molecule has 0 unspecified atom stereocenters. The number of hydrogen-bond acceptors (Lipinski definition) is 4. The number of carbonyl (C=O) groups is 1. The summed E-state index contributed by atoms with van der Waals surface area (Å²) in [5.74, 6) is -0.136. The van der Waals surface area contributed by atoms with Gasteiger partial charge in [-0.2, -0.15) is 5.10 Å². The number of rotatable bonds is 6. The number of aromatic nitrogens is 2. The zero-order valence-corrected chi connectivity index (χ0v) is 13.4. The molecule has 1 aliphatic carbocycles. The van der Waals surface area contributed by atoms with Gasteiger partial charge in [0.25, 0.3) is 5.69 Å². The van der Waals surface area contributed by atoms with Crippen LogP contribution in [0.1, 0.15) is 32.1 Å². The van der Waals surface area contributed by atoms with Gasteiger partial charge in [-0.1, -0.05) is 11.6 Å². The molecule has 1 heterocycles. The lowest BCUT2D eigenvalue weighted by Gasteiger charge is -2.13. The molecular formula is C17H20N4O3. The number of allylic oxidation sites excluding steroid dienone is 1. The van der Waals surface area contributed by atoms with Crippen molar-refractivity contribution in [2.75, 3.05) is 6.54 Å². The summed E-state index contributed by atoms with van der Waals surface area (Å²) in [4.78, 5) is 22.5. The predicted molar refractivity (Wildman–Crippen MR) is 90.6 cm³/mol. The van der Waals surface area contributed by atoms with E-state index in [1.54, 1.807) is 12.3 Å². The Bertz CT molecular complexity index is 794. The van der Waals surface area contributed by atoms with Gasteiger partial charge < -0.3 is 5.32 Å². The first-order valence-electron chi connectivity index (χ1n) is 8.18. The maximum atomic E-state index is 12.1. The Labute approximate surface area is 139 Å². The molecule has 7 nitrogen and oxygen atoms in total. The molecule has 2 aromatic rings. The molecule has 1 aliphatic rings. The highest BCUT2D eigenvalue weighted by Gasteiger charge is 2.12. The topological polar surface area (TPSA) is 90.1 Å². The highest BCUT2D eigenvalue weighted by atomic mass is 16.6. The third-order valence-electron chi connectivity index (χ3n) is 4.29. The summed E-state index contributed by atoms with van der Waals surface area (Å²) in [6, 6.07) is 4.53. The Balaban J connectivity index is 1.59. The van der Waals surface area contributed by atoms with Gasteiger partial charge >= 0.3 is 0 Å². The Morgan fingerprint density at radius 2 is 2.25 bits per heavy atom. The standard InChI is InChI=1S/C17H20N4O3/c22-17(18-9-8-13-4-2-1-3-5-13)12-20-16-10-15(21(23)24)7-6-14(16)11-19-20/h4,6-7,10-11H,1-3,5,8-9,12H2,(H,18,22). The number of fused-ring (bicyclic) bond motifs is 1. The van der Waals surface area contributed by atoms with Crippen molar-refractivity contribution >= 4 is 22.5 Å². The Hall–Kier alpha value is -2.70. The lowest BCUT2D eigenvalue weighted by atomic mass is 9.97. The van der Waals surface area contributed by atoms with E-state index in [0.29, 0.717) is 12.1 Å². The van der Waals surface area contributed by atoms with Crippen LogP contribution in [0.15, 0.2) is 36.0 Å². The monoisotopic (exact) mass is 328 g/mol. The molecule has 1 amide bonds. The molecule has 0 saturated heterocycles. The fourth-order valence-corrected chi connectivity index (χ4v) is 2.98. The van der Waals surface area contributed by atoms with Crippen LogP contribution in [0.4, 0.5) is 5.69 Å². The van der Waals surface area contributed by atoms with Crippen LogP contribution >= 0.6 is 0 Å². The largest absolute Gasteiger partial charge is 0.354 e. The number of nitro groups is 1. The van der Waals surface area contributed by atoms with Crippen molar-refractivity contribution in [2.24, 2.45) is 0 Å². The van der Waals surface area contributed by atoms with Gasteiger partial charge in [-0.15, -0.1) is 0 Å². The van der Waals surface area contributed by atoms with E-state index in [1.807, 2.05) is 0 Å². The van der Waals surface area contributed by atoms with E-state index >= 15 is 0 Å². The Morgan fingerprint density at radius 3 is 3.00 bits per heavy atom. The maximum absolute atomic E-state index is 12.1. The van der Waals surface area contributed by atoms with Crippen LogP contribution in [0.5, 0.6) is 0 Å². The number of amides is 1. The highest BCUT2D eigenvalue weighted by molar-refractivity contribution is 5.83. The molecule has 1 N–H and O–H groups in total. The minimum Gasteiger partial charge on any atom is -0.354 e. The van der Waals surface area contributed by atoms with Crippen molar-refractivity contribution in [1.82, 2.24) is 15.1 Å². The average Bonchev–Trinajstić information content (AvgIpc) is 2.98. The molecule has 0 aliphatic heterocycles. The van der Waals surface area contributed by atoms with Crippen LogP contribution in [0, 0.1) is 10.1 Å². The van der Waals surface area contributed by atoms with E-state index in [1.165, 1.54) is 35.2 Å². The quantitative estimate of drug-likeness (QED) is 0.501. The van der Waals surface area contributed by atoms with Crippen molar-refractivity contribution in [1.29, 1.82) is 0 Å². The lowest BCUT2D eigenvalue weighted by molar-refractivity contribution is -0.384. The van der Waals surface area contributed by atoms with Gasteiger partial charge in [0, 0.05) is 24.1 Å². The van der Waals surface area contributed by atoms with Crippen molar-refractivity contribution in [2.45, 2.75) is 38.6 Å². The number of carbonyl (C=O) groups excluding carboxylic acids is 1. The van der Waals surface area contributed by atoms with E-state index in [4.69, 9.17) is 0 Å². The van der Waals surface area contributed by atoms with Crippen molar-refractivity contribution in [3.63, 3.8) is 0 Å². The summed E-state index contributed by atoms with van der Waals surface area (Å²) >= 11 is 0.